The fourth-order valence-electron chi connectivity index (χ4n) is 4.29. The molecular weight excluding hydrogens is 472 g/mol. The van der Waals surface area contributed by atoms with Crippen LogP contribution in [0.3, 0.4) is 0 Å². The Balaban J connectivity index is 1.58. The number of carboxylic acids is 1. The maximum atomic E-state index is 12.9. The van der Waals surface area contributed by atoms with E-state index in [-0.39, 0.29) is 17.4 Å². The number of rotatable bonds is 13. The van der Waals surface area contributed by atoms with Crippen molar-refractivity contribution in [3.05, 3.63) is 60.0 Å². The number of ether oxygens (including phenoxy) is 1. The second-order valence-electron chi connectivity index (χ2n) is 8.96. The Morgan fingerprint density at radius 2 is 2.00 bits per heavy atom. The number of unbranched alkanes of at least 4 members (excludes halogenated alkanes) is 1. The molecular formula is C27H32N6O4. The number of amides is 1. The molecule has 0 bridgehead atoms. The maximum Gasteiger partial charge on any atom is 0.335 e. The summed E-state index contributed by atoms with van der Waals surface area (Å²) in [6, 6.07) is 12.6. The number of H-pyrrole nitrogens is 1. The van der Waals surface area contributed by atoms with Crippen LogP contribution < -0.4 is 10.1 Å². The molecule has 0 saturated carbocycles. The van der Waals surface area contributed by atoms with Crippen molar-refractivity contribution >= 4 is 28.5 Å². The smallest absolute Gasteiger partial charge is 0.335 e. The van der Waals surface area contributed by atoms with Crippen molar-refractivity contribution in [2.75, 3.05) is 11.9 Å². The molecule has 4 aromatic rings. The van der Waals surface area contributed by atoms with Gasteiger partial charge in [0.15, 0.2) is 5.82 Å². The van der Waals surface area contributed by atoms with Gasteiger partial charge in [0.1, 0.15) is 5.75 Å². The molecule has 0 saturated heterocycles. The number of tetrazole rings is 1. The van der Waals surface area contributed by atoms with Crippen molar-refractivity contribution in [2.24, 2.45) is 5.92 Å². The molecule has 1 unspecified atom stereocenters. The molecule has 1 amide bonds. The topological polar surface area (TPSA) is 135 Å². The maximum absolute atomic E-state index is 12.9. The molecule has 3 N–H and O–H groups in total. The molecule has 10 heteroatoms. The first-order valence-corrected chi connectivity index (χ1v) is 12.6. The first-order chi connectivity index (χ1) is 18.0. The van der Waals surface area contributed by atoms with Crippen LogP contribution in [0.25, 0.3) is 16.6 Å². The summed E-state index contributed by atoms with van der Waals surface area (Å²) in [5, 5.41) is 27.4. The van der Waals surface area contributed by atoms with Crippen LogP contribution in [-0.4, -0.2) is 48.8 Å². The molecule has 0 fully saturated rings. The summed E-state index contributed by atoms with van der Waals surface area (Å²) in [5.41, 5.74) is 2.44. The lowest BCUT2D eigenvalue weighted by Crippen LogP contribution is -2.22. The van der Waals surface area contributed by atoms with Crippen molar-refractivity contribution in [3.8, 4) is 11.4 Å². The van der Waals surface area contributed by atoms with Gasteiger partial charge in [0.25, 0.3) is 0 Å². The van der Waals surface area contributed by atoms with E-state index in [0.717, 1.165) is 42.3 Å². The Bertz CT molecular complexity index is 1350. The number of aromatic amines is 1. The summed E-state index contributed by atoms with van der Waals surface area (Å²) in [6.07, 6.45) is 6.89. The fraction of sp³-hybridized carbons (Fsp3) is 0.370. The number of hydrogen-bond donors (Lipinski definition) is 3. The normalized spacial score (nSPS) is 11.9. The number of aromatic carboxylic acids is 1. The van der Waals surface area contributed by atoms with Crippen molar-refractivity contribution in [2.45, 2.75) is 52.4 Å². The first kappa shape index (κ1) is 25.9. The van der Waals surface area contributed by atoms with Gasteiger partial charge < -0.3 is 19.7 Å². The van der Waals surface area contributed by atoms with Crippen molar-refractivity contribution < 1.29 is 19.4 Å². The zero-order valence-corrected chi connectivity index (χ0v) is 21.1. The minimum atomic E-state index is -1.03. The number of carboxylic acid groups (broad SMARTS) is 1. The van der Waals surface area contributed by atoms with Crippen LogP contribution >= 0.6 is 0 Å². The monoisotopic (exact) mass is 504 g/mol. The molecule has 194 valence electrons. The highest BCUT2D eigenvalue weighted by Crippen LogP contribution is 2.31. The zero-order valence-electron chi connectivity index (χ0n) is 21.1. The molecule has 1 atom stereocenters. The number of fused-ring (bicyclic) bond motifs is 1. The summed E-state index contributed by atoms with van der Waals surface area (Å²) >= 11 is 0. The highest BCUT2D eigenvalue weighted by molar-refractivity contribution is 5.95. The van der Waals surface area contributed by atoms with E-state index in [4.69, 9.17) is 4.74 Å². The van der Waals surface area contributed by atoms with E-state index in [1.165, 1.54) is 6.07 Å². The number of nitrogens with one attached hydrogen (secondary N) is 2. The third-order valence-corrected chi connectivity index (χ3v) is 6.39. The molecule has 37 heavy (non-hydrogen) atoms. The van der Waals surface area contributed by atoms with Crippen molar-refractivity contribution in [1.82, 2.24) is 25.2 Å². The number of benzene rings is 2. The van der Waals surface area contributed by atoms with Crippen LogP contribution in [-0.2, 0) is 11.2 Å². The van der Waals surface area contributed by atoms with Gasteiger partial charge in [-0.15, -0.1) is 10.2 Å². The highest BCUT2D eigenvalue weighted by atomic mass is 16.5. The number of aryl methyl sites for hydroxylation is 1. The third kappa shape index (κ3) is 6.32. The van der Waals surface area contributed by atoms with Gasteiger partial charge in [-0.3, -0.25) is 4.79 Å². The molecule has 2 aromatic carbocycles. The minimum absolute atomic E-state index is 0.0153. The van der Waals surface area contributed by atoms with E-state index in [0.29, 0.717) is 36.7 Å². The van der Waals surface area contributed by atoms with Gasteiger partial charge in [-0.1, -0.05) is 38.0 Å². The minimum Gasteiger partial charge on any atom is -0.491 e. The van der Waals surface area contributed by atoms with Crippen molar-refractivity contribution in [3.63, 3.8) is 0 Å². The van der Waals surface area contributed by atoms with E-state index in [1.807, 2.05) is 42.0 Å². The molecule has 4 rings (SSSR count). The molecule has 0 aliphatic carbocycles. The predicted octanol–water partition coefficient (Wildman–Crippen LogP) is 5.01. The number of anilines is 1. The van der Waals surface area contributed by atoms with E-state index in [1.54, 1.807) is 12.1 Å². The molecule has 0 spiro atoms. The SMILES string of the molecule is CCCCC(CC)C(=O)Nc1ccc2ccn(-c3ccc(C(=O)O)cc3OCCCc3nn[nH]n3)c2c1. The molecule has 10 nitrogen and oxygen atoms in total. The van der Waals surface area contributed by atoms with Crippen LogP contribution in [0.2, 0.25) is 0 Å². The second-order valence-corrected chi connectivity index (χ2v) is 8.96. The molecule has 0 radical (unpaired) electrons. The molecule has 0 aliphatic heterocycles. The number of carbonyl (C=O) groups excluding carboxylic acids is 1. The average Bonchev–Trinajstić information content (AvgIpc) is 3.57. The fourth-order valence-corrected chi connectivity index (χ4v) is 4.29. The van der Waals surface area contributed by atoms with E-state index in [9.17, 15) is 14.7 Å². The zero-order chi connectivity index (χ0) is 26.2. The lowest BCUT2D eigenvalue weighted by atomic mass is 9.98. The summed E-state index contributed by atoms with van der Waals surface area (Å²) in [7, 11) is 0. The Kier molecular flexibility index (Phi) is 8.50. The van der Waals surface area contributed by atoms with Gasteiger partial charge >= 0.3 is 5.97 Å². The molecule has 0 aliphatic rings. The van der Waals surface area contributed by atoms with Gasteiger partial charge in [-0.2, -0.15) is 5.21 Å². The van der Waals surface area contributed by atoms with Gasteiger partial charge in [0, 0.05) is 29.6 Å². The number of nitrogens with zero attached hydrogens (tertiary/aromatic N) is 4. The first-order valence-electron chi connectivity index (χ1n) is 12.6. The van der Waals surface area contributed by atoms with Crippen LogP contribution in [0.15, 0.2) is 48.7 Å². The average molecular weight is 505 g/mol. The van der Waals surface area contributed by atoms with Gasteiger partial charge in [0.05, 0.1) is 23.4 Å². The molecule has 2 heterocycles. The summed E-state index contributed by atoms with van der Waals surface area (Å²) < 4.78 is 7.98. The Hall–Kier alpha value is -4.21. The second kappa shape index (κ2) is 12.2. The van der Waals surface area contributed by atoms with Crippen LogP contribution in [0.5, 0.6) is 5.75 Å². The lowest BCUT2D eigenvalue weighted by Gasteiger charge is -2.16. The van der Waals surface area contributed by atoms with Gasteiger partial charge in [-0.05, 0) is 55.7 Å². The summed E-state index contributed by atoms with van der Waals surface area (Å²) in [6.45, 7) is 4.52. The van der Waals surface area contributed by atoms with Gasteiger partial charge in [-0.25, -0.2) is 4.79 Å². The number of carbonyl (C=O) groups is 2. The highest BCUT2D eigenvalue weighted by Gasteiger charge is 2.17. The largest absolute Gasteiger partial charge is 0.491 e. The molecule has 2 aromatic heterocycles. The van der Waals surface area contributed by atoms with Crippen LogP contribution in [0.4, 0.5) is 5.69 Å². The third-order valence-electron chi connectivity index (χ3n) is 6.39. The number of aromatic nitrogens is 5. The Morgan fingerprint density at radius 3 is 2.73 bits per heavy atom. The van der Waals surface area contributed by atoms with E-state index >= 15 is 0 Å². The van der Waals surface area contributed by atoms with Gasteiger partial charge in [0.2, 0.25) is 5.91 Å². The summed E-state index contributed by atoms with van der Waals surface area (Å²) in [5.74, 6) is 0.0297. The Labute approximate surface area is 215 Å². The van der Waals surface area contributed by atoms with E-state index in [2.05, 4.69) is 32.9 Å². The standard InChI is InChI=1S/C27H32N6O4/c1-3-5-7-18(4-2)26(34)28-21-11-9-19-13-14-33(23(19)17-21)22-12-10-20(27(35)36)16-24(22)37-15-6-8-25-29-31-32-30-25/h9-14,16-18H,3-8,15H2,1-2H3,(H,28,34)(H,35,36)(H,29,30,31,32). The van der Waals surface area contributed by atoms with E-state index < -0.39 is 5.97 Å². The number of hydrogen-bond acceptors (Lipinski definition) is 6. The lowest BCUT2D eigenvalue weighted by molar-refractivity contribution is -0.120. The summed E-state index contributed by atoms with van der Waals surface area (Å²) in [4.78, 5) is 24.5. The Morgan fingerprint density at radius 1 is 1.14 bits per heavy atom. The predicted molar refractivity (Wildman–Crippen MR) is 140 cm³/mol. The van der Waals surface area contributed by atoms with Crippen molar-refractivity contribution in [1.29, 1.82) is 0 Å². The van der Waals surface area contributed by atoms with Crippen LogP contribution in [0, 0.1) is 5.92 Å². The van der Waals surface area contributed by atoms with Crippen LogP contribution in [0.1, 0.15) is 62.1 Å². The quantitative estimate of drug-likeness (QED) is 0.218.